The van der Waals surface area contributed by atoms with Crippen LogP contribution in [-0.4, -0.2) is 35.5 Å². The molecule has 3 rings (SSSR count). The van der Waals surface area contributed by atoms with Crippen molar-refractivity contribution in [1.82, 2.24) is 20.6 Å². The number of carbonyl (C=O) groups is 1. The van der Waals surface area contributed by atoms with Crippen molar-refractivity contribution in [2.24, 2.45) is 5.41 Å². The van der Waals surface area contributed by atoms with Crippen molar-refractivity contribution in [3.05, 3.63) is 58.9 Å². The van der Waals surface area contributed by atoms with Gasteiger partial charge in [0.2, 0.25) is 5.91 Å². The summed E-state index contributed by atoms with van der Waals surface area (Å²) in [6, 6.07) is 7.17. The summed E-state index contributed by atoms with van der Waals surface area (Å²) in [6.07, 6.45) is -4.23. The van der Waals surface area contributed by atoms with E-state index in [0.717, 1.165) is 6.07 Å². The first kappa shape index (κ1) is 20.2. The molecule has 1 aromatic carbocycles. The van der Waals surface area contributed by atoms with Crippen LogP contribution in [0, 0.1) is 18.2 Å². The summed E-state index contributed by atoms with van der Waals surface area (Å²) in [5, 5.41) is 5.76. The third-order valence-corrected chi connectivity index (χ3v) is 4.72. The summed E-state index contributed by atoms with van der Waals surface area (Å²) in [5.41, 5.74) is -1.10. The number of alkyl halides is 3. The molecule has 9 heteroatoms. The van der Waals surface area contributed by atoms with Gasteiger partial charge in [0.15, 0.2) is 0 Å². The zero-order valence-electron chi connectivity index (χ0n) is 15.2. The fourth-order valence-electron chi connectivity index (χ4n) is 3.16. The van der Waals surface area contributed by atoms with Crippen LogP contribution in [0.3, 0.4) is 0 Å². The lowest BCUT2D eigenvalue weighted by Crippen LogP contribution is -2.62. The van der Waals surface area contributed by atoms with E-state index in [4.69, 9.17) is 0 Å². The lowest BCUT2D eigenvalue weighted by molar-refractivity contribution is -0.141. The van der Waals surface area contributed by atoms with Gasteiger partial charge in [-0.25, -0.2) is 14.4 Å². The molecule has 1 aromatic heterocycles. The number of aryl methyl sites for hydroxylation is 1. The molecule has 2 heterocycles. The topological polar surface area (TPSA) is 66.9 Å². The normalized spacial score (nSPS) is 15.8. The SMILES string of the molecule is Cc1cc(C(F)(F)F)nc(CCNC(=O)C2(Cc3ccccc3F)CNC2)n1. The molecular formula is C19H20F4N4O. The number of rotatable bonds is 6. The molecule has 1 amide bonds. The van der Waals surface area contributed by atoms with Crippen molar-refractivity contribution < 1.29 is 22.4 Å². The largest absolute Gasteiger partial charge is 0.433 e. The summed E-state index contributed by atoms with van der Waals surface area (Å²) >= 11 is 0. The molecular weight excluding hydrogens is 376 g/mol. The molecule has 0 aliphatic carbocycles. The fourth-order valence-corrected chi connectivity index (χ4v) is 3.16. The minimum absolute atomic E-state index is 0.0162. The average molecular weight is 396 g/mol. The molecule has 0 spiro atoms. The number of benzene rings is 1. The Hall–Kier alpha value is -2.55. The molecule has 150 valence electrons. The quantitative estimate of drug-likeness (QED) is 0.736. The van der Waals surface area contributed by atoms with E-state index < -0.39 is 17.3 Å². The van der Waals surface area contributed by atoms with Gasteiger partial charge in [0.1, 0.15) is 17.3 Å². The van der Waals surface area contributed by atoms with Crippen molar-refractivity contribution >= 4 is 5.91 Å². The van der Waals surface area contributed by atoms with Crippen molar-refractivity contribution in [1.29, 1.82) is 0 Å². The van der Waals surface area contributed by atoms with Gasteiger partial charge in [-0.1, -0.05) is 18.2 Å². The smallest absolute Gasteiger partial charge is 0.355 e. The first-order chi connectivity index (χ1) is 13.2. The monoisotopic (exact) mass is 396 g/mol. The number of hydrogen-bond acceptors (Lipinski definition) is 4. The highest BCUT2D eigenvalue weighted by Crippen LogP contribution is 2.29. The van der Waals surface area contributed by atoms with Gasteiger partial charge >= 0.3 is 6.18 Å². The Kier molecular flexibility index (Phi) is 5.64. The first-order valence-electron chi connectivity index (χ1n) is 8.84. The van der Waals surface area contributed by atoms with Crippen LogP contribution in [0.5, 0.6) is 0 Å². The molecule has 0 bridgehead atoms. The number of carbonyl (C=O) groups excluding carboxylic acids is 1. The van der Waals surface area contributed by atoms with Crippen molar-refractivity contribution in [3.63, 3.8) is 0 Å². The molecule has 2 aromatic rings. The third-order valence-electron chi connectivity index (χ3n) is 4.72. The molecule has 0 radical (unpaired) electrons. The molecule has 1 aliphatic rings. The van der Waals surface area contributed by atoms with Gasteiger partial charge in [-0.3, -0.25) is 4.79 Å². The molecule has 0 saturated carbocycles. The minimum Gasteiger partial charge on any atom is -0.355 e. The molecule has 5 nitrogen and oxygen atoms in total. The fraction of sp³-hybridized carbons (Fsp3) is 0.421. The maximum absolute atomic E-state index is 13.9. The number of amides is 1. The molecule has 1 fully saturated rings. The molecule has 0 unspecified atom stereocenters. The maximum Gasteiger partial charge on any atom is 0.433 e. The number of halogens is 4. The number of aromatic nitrogens is 2. The lowest BCUT2D eigenvalue weighted by Gasteiger charge is -2.41. The highest BCUT2D eigenvalue weighted by molar-refractivity contribution is 5.84. The van der Waals surface area contributed by atoms with Gasteiger partial charge in [-0.15, -0.1) is 0 Å². The average Bonchev–Trinajstić information content (AvgIpc) is 2.58. The Morgan fingerprint density at radius 1 is 1.25 bits per heavy atom. The Morgan fingerprint density at radius 2 is 1.96 bits per heavy atom. The van der Waals surface area contributed by atoms with E-state index in [1.165, 1.54) is 13.0 Å². The van der Waals surface area contributed by atoms with Crippen LogP contribution >= 0.6 is 0 Å². The predicted molar refractivity (Wildman–Crippen MR) is 93.9 cm³/mol. The minimum atomic E-state index is -4.55. The van der Waals surface area contributed by atoms with Crippen molar-refractivity contribution in [2.45, 2.75) is 25.9 Å². The van der Waals surface area contributed by atoms with Gasteiger partial charge in [0.25, 0.3) is 0 Å². The predicted octanol–water partition coefficient (Wildman–Crippen LogP) is 2.43. The van der Waals surface area contributed by atoms with Crippen LogP contribution in [0.4, 0.5) is 17.6 Å². The van der Waals surface area contributed by atoms with Gasteiger partial charge in [0, 0.05) is 31.7 Å². The Morgan fingerprint density at radius 3 is 2.57 bits per heavy atom. The number of hydrogen-bond donors (Lipinski definition) is 2. The Bertz CT molecular complexity index is 865. The Labute approximate surface area is 159 Å². The molecule has 1 aliphatic heterocycles. The zero-order chi connectivity index (χ0) is 20.4. The van der Waals surface area contributed by atoms with Crippen molar-refractivity contribution in [2.75, 3.05) is 19.6 Å². The third kappa shape index (κ3) is 4.46. The van der Waals surface area contributed by atoms with E-state index in [-0.39, 0.29) is 42.6 Å². The Balaban J connectivity index is 1.62. The van der Waals surface area contributed by atoms with Gasteiger partial charge in [0.05, 0.1) is 5.41 Å². The maximum atomic E-state index is 13.9. The number of nitrogens with one attached hydrogen (secondary N) is 2. The van der Waals surface area contributed by atoms with E-state index in [1.807, 2.05) is 0 Å². The van der Waals surface area contributed by atoms with Gasteiger partial charge in [-0.05, 0) is 31.0 Å². The van der Waals surface area contributed by atoms with Crippen molar-refractivity contribution in [3.8, 4) is 0 Å². The van der Waals surface area contributed by atoms with Crippen LogP contribution in [-0.2, 0) is 23.8 Å². The van der Waals surface area contributed by atoms with E-state index in [0.29, 0.717) is 18.7 Å². The molecule has 28 heavy (non-hydrogen) atoms. The summed E-state index contributed by atoms with van der Waals surface area (Å²) in [4.78, 5) is 20.2. The summed E-state index contributed by atoms with van der Waals surface area (Å²) in [5.74, 6) is -0.616. The highest BCUT2D eigenvalue weighted by atomic mass is 19.4. The second kappa shape index (κ2) is 7.83. The first-order valence-corrected chi connectivity index (χ1v) is 8.84. The van der Waals surface area contributed by atoms with Crippen LogP contribution < -0.4 is 10.6 Å². The second-order valence-corrected chi connectivity index (χ2v) is 6.97. The lowest BCUT2D eigenvalue weighted by atomic mass is 9.75. The van der Waals surface area contributed by atoms with Crippen LogP contribution in [0.15, 0.2) is 30.3 Å². The summed E-state index contributed by atoms with van der Waals surface area (Å²) < 4.78 is 52.5. The molecule has 2 N–H and O–H groups in total. The van der Waals surface area contributed by atoms with E-state index >= 15 is 0 Å². The van der Waals surface area contributed by atoms with Crippen LogP contribution in [0.1, 0.15) is 22.8 Å². The van der Waals surface area contributed by atoms with Crippen LogP contribution in [0.2, 0.25) is 0 Å². The van der Waals surface area contributed by atoms with Crippen LogP contribution in [0.25, 0.3) is 0 Å². The zero-order valence-corrected chi connectivity index (χ0v) is 15.2. The second-order valence-electron chi connectivity index (χ2n) is 6.97. The summed E-state index contributed by atoms with van der Waals surface area (Å²) in [7, 11) is 0. The molecule has 0 atom stereocenters. The van der Waals surface area contributed by atoms with Gasteiger partial charge in [-0.2, -0.15) is 13.2 Å². The van der Waals surface area contributed by atoms with E-state index in [2.05, 4.69) is 20.6 Å². The summed E-state index contributed by atoms with van der Waals surface area (Å²) in [6.45, 7) is 2.37. The van der Waals surface area contributed by atoms with E-state index in [9.17, 15) is 22.4 Å². The standard InChI is InChI=1S/C19H20F4N4O/c1-12-8-15(19(21,22)23)27-16(26-12)6-7-25-17(28)18(10-24-11-18)9-13-4-2-3-5-14(13)20/h2-5,8,24H,6-7,9-11H2,1H3,(H,25,28). The number of nitrogens with zero attached hydrogens (tertiary/aromatic N) is 2. The highest BCUT2D eigenvalue weighted by Gasteiger charge is 2.44. The van der Waals surface area contributed by atoms with Gasteiger partial charge < -0.3 is 10.6 Å². The molecule has 1 saturated heterocycles. The van der Waals surface area contributed by atoms with E-state index in [1.54, 1.807) is 18.2 Å².